The van der Waals surface area contributed by atoms with Crippen LogP contribution in [0.5, 0.6) is 0 Å². The summed E-state index contributed by atoms with van der Waals surface area (Å²) in [6.45, 7) is 1.73. The number of pyridine rings is 1. The van der Waals surface area contributed by atoms with Crippen LogP contribution in [0.2, 0.25) is 0 Å². The molecule has 0 aliphatic carbocycles. The quantitative estimate of drug-likeness (QED) is 0.668. The van der Waals surface area contributed by atoms with E-state index in [0.29, 0.717) is 22.2 Å². The van der Waals surface area contributed by atoms with E-state index in [9.17, 15) is 4.39 Å². The highest BCUT2D eigenvalue weighted by Gasteiger charge is 2.05. The number of aryl methyl sites for hydroxylation is 1. The Morgan fingerprint density at radius 1 is 1.23 bits per heavy atom. The second-order valence-electron chi connectivity index (χ2n) is 2.99. The van der Waals surface area contributed by atoms with Crippen LogP contribution in [-0.4, -0.2) is 4.98 Å². The van der Waals surface area contributed by atoms with E-state index in [2.05, 4.69) is 4.98 Å². The Morgan fingerprint density at radius 2 is 2.00 bits per heavy atom. The van der Waals surface area contributed by atoms with Crippen molar-refractivity contribution in [1.29, 1.82) is 0 Å². The van der Waals surface area contributed by atoms with Crippen LogP contribution in [0.25, 0.3) is 10.8 Å². The van der Waals surface area contributed by atoms with Crippen molar-refractivity contribution in [1.82, 2.24) is 4.98 Å². The number of fused-ring (bicyclic) bond motifs is 1. The molecule has 0 saturated heterocycles. The average Bonchev–Trinajstić information content (AvgIpc) is 2.12. The van der Waals surface area contributed by atoms with Gasteiger partial charge in [-0.3, -0.25) is 0 Å². The first-order valence-corrected chi connectivity index (χ1v) is 3.99. The van der Waals surface area contributed by atoms with E-state index in [1.54, 1.807) is 25.1 Å². The standard InChI is InChI=1S/C10H9FN2/c1-6-2-3-8-7(9(6)11)4-5-13-10(8)12/h2-5H,1H3,(H2,12,13). The summed E-state index contributed by atoms with van der Waals surface area (Å²) in [6.07, 6.45) is 1.51. The third kappa shape index (κ3) is 1.13. The van der Waals surface area contributed by atoms with Gasteiger partial charge in [-0.1, -0.05) is 12.1 Å². The number of rotatable bonds is 0. The maximum atomic E-state index is 13.5. The van der Waals surface area contributed by atoms with Crippen molar-refractivity contribution in [2.75, 3.05) is 5.73 Å². The van der Waals surface area contributed by atoms with Gasteiger partial charge in [0.1, 0.15) is 11.6 Å². The molecule has 2 rings (SSSR count). The summed E-state index contributed by atoms with van der Waals surface area (Å²) in [4.78, 5) is 3.89. The summed E-state index contributed by atoms with van der Waals surface area (Å²) in [5, 5.41) is 1.21. The first-order chi connectivity index (χ1) is 6.20. The Morgan fingerprint density at radius 3 is 2.77 bits per heavy atom. The number of halogens is 1. The molecule has 2 N–H and O–H groups in total. The molecule has 0 spiro atoms. The topological polar surface area (TPSA) is 38.9 Å². The molecule has 3 heteroatoms. The Balaban J connectivity index is 2.94. The maximum Gasteiger partial charge on any atom is 0.134 e. The van der Waals surface area contributed by atoms with E-state index in [1.165, 1.54) is 6.20 Å². The van der Waals surface area contributed by atoms with E-state index < -0.39 is 0 Å². The Labute approximate surface area is 75.2 Å². The number of nitrogens with two attached hydrogens (primary N) is 1. The van der Waals surface area contributed by atoms with E-state index in [1.807, 2.05) is 0 Å². The molecule has 0 atom stereocenters. The van der Waals surface area contributed by atoms with Gasteiger partial charge in [-0.15, -0.1) is 0 Å². The fraction of sp³-hybridized carbons (Fsp3) is 0.100. The Kier molecular flexibility index (Phi) is 1.65. The van der Waals surface area contributed by atoms with E-state index in [0.717, 1.165) is 0 Å². The molecular weight excluding hydrogens is 167 g/mol. The number of benzene rings is 1. The van der Waals surface area contributed by atoms with Gasteiger partial charge in [0.05, 0.1) is 0 Å². The predicted octanol–water partition coefficient (Wildman–Crippen LogP) is 2.26. The molecule has 66 valence electrons. The highest BCUT2D eigenvalue weighted by molar-refractivity contribution is 5.91. The first kappa shape index (κ1) is 7.98. The molecule has 0 bridgehead atoms. The molecule has 0 fully saturated rings. The van der Waals surface area contributed by atoms with Crippen LogP contribution in [0, 0.1) is 12.7 Å². The van der Waals surface area contributed by atoms with Gasteiger partial charge in [0.15, 0.2) is 0 Å². The first-order valence-electron chi connectivity index (χ1n) is 3.99. The van der Waals surface area contributed by atoms with Crippen molar-refractivity contribution < 1.29 is 4.39 Å². The highest BCUT2D eigenvalue weighted by atomic mass is 19.1. The van der Waals surface area contributed by atoms with Crippen molar-refractivity contribution in [2.45, 2.75) is 6.92 Å². The van der Waals surface area contributed by atoms with Crippen LogP contribution >= 0.6 is 0 Å². The van der Waals surface area contributed by atoms with Crippen LogP contribution in [0.3, 0.4) is 0 Å². The molecule has 0 aliphatic rings. The fourth-order valence-electron chi connectivity index (χ4n) is 1.35. The second kappa shape index (κ2) is 2.69. The zero-order valence-corrected chi connectivity index (χ0v) is 7.21. The van der Waals surface area contributed by atoms with Crippen molar-refractivity contribution >= 4 is 16.6 Å². The molecule has 2 nitrogen and oxygen atoms in total. The molecule has 0 aliphatic heterocycles. The molecular formula is C10H9FN2. The highest BCUT2D eigenvalue weighted by Crippen LogP contribution is 2.23. The molecule has 0 amide bonds. The summed E-state index contributed by atoms with van der Waals surface area (Å²) < 4.78 is 13.5. The summed E-state index contributed by atoms with van der Waals surface area (Å²) >= 11 is 0. The molecule has 2 aromatic rings. The predicted molar refractivity (Wildman–Crippen MR) is 50.9 cm³/mol. The van der Waals surface area contributed by atoms with Gasteiger partial charge >= 0.3 is 0 Å². The zero-order chi connectivity index (χ0) is 9.42. The largest absolute Gasteiger partial charge is 0.383 e. The van der Waals surface area contributed by atoms with Crippen molar-refractivity contribution in [3.8, 4) is 0 Å². The van der Waals surface area contributed by atoms with Gasteiger partial charge in [-0.2, -0.15) is 0 Å². The lowest BCUT2D eigenvalue weighted by atomic mass is 10.1. The number of nitrogens with zero attached hydrogens (tertiary/aromatic N) is 1. The monoisotopic (exact) mass is 176 g/mol. The second-order valence-corrected chi connectivity index (χ2v) is 2.99. The maximum absolute atomic E-state index is 13.5. The van der Waals surface area contributed by atoms with Crippen molar-refractivity contribution in [3.05, 3.63) is 35.8 Å². The molecule has 0 unspecified atom stereocenters. The third-order valence-electron chi connectivity index (χ3n) is 2.10. The minimum absolute atomic E-state index is 0.216. The average molecular weight is 176 g/mol. The van der Waals surface area contributed by atoms with Crippen LogP contribution in [0.1, 0.15) is 5.56 Å². The molecule has 1 aromatic heterocycles. The van der Waals surface area contributed by atoms with Crippen LogP contribution < -0.4 is 5.73 Å². The number of hydrogen-bond acceptors (Lipinski definition) is 2. The number of hydrogen-bond donors (Lipinski definition) is 1. The lowest BCUT2D eigenvalue weighted by Crippen LogP contribution is -1.93. The van der Waals surface area contributed by atoms with E-state index >= 15 is 0 Å². The molecule has 0 saturated carbocycles. The van der Waals surface area contributed by atoms with Gasteiger partial charge in [-0.25, -0.2) is 9.37 Å². The Bertz CT molecular complexity index is 466. The molecule has 0 radical (unpaired) electrons. The summed E-state index contributed by atoms with van der Waals surface area (Å²) in [5.74, 6) is 0.156. The molecule has 1 heterocycles. The smallest absolute Gasteiger partial charge is 0.134 e. The summed E-state index contributed by atoms with van der Waals surface area (Å²) in [7, 11) is 0. The summed E-state index contributed by atoms with van der Waals surface area (Å²) in [5.41, 5.74) is 6.22. The van der Waals surface area contributed by atoms with E-state index in [-0.39, 0.29) is 5.82 Å². The SMILES string of the molecule is Cc1ccc2c(N)nccc2c1F. The number of aromatic nitrogens is 1. The van der Waals surface area contributed by atoms with Crippen LogP contribution in [0.4, 0.5) is 10.2 Å². The normalized spacial score (nSPS) is 10.6. The minimum atomic E-state index is -0.216. The summed E-state index contributed by atoms with van der Waals surface area (Å²) in [6, 6.07) is 5.12. The van der Waals surface area contributed by atoms with Crippen LogP contribution in [-0.2, 0) is 0 Å². The third-order valence-corrected chi connectivity index (χ3v) is 2.10. The Hall–Kier alpha value is -1.64. The number of anilines is 1. The lowest BCUT2D eigenvalue weighted by Gasteiger charge is -2.03. The van der Waals surface area contributed by atoms with Gasteiger partial charge < -0.3 is 5.73 Å². The molecule has 13 heavy (non-hydrogen) atoms. The minimum Gasteiger partial charge on any atom is -0.383 e. The van der Waals surface area contributed by atoms with Gasteiger partial charge in [0.2, 0.25) is 0 Å². The van der Waals surface area contributed by atoms with Gasteiger partial charge in [0, 0.05) is 17.0 Å². The van der Waals surface area contributed by atoms with Crippen molar-refractivity contribution in [2.24, 2.45) is 0 Å². The fourth-order valence-corrected chi connectivity index (χ4v) is 1.35. The van der Waals surface area contributed by atoms with Gasteiger partial charge in [0.25, 0.3) is 0 Å². The lowest BCUT2D eigenvalue weighted by molar-refractivity contribution is 0.630. The van der Waals surface area contributed by atoms with Crippen LogP contribution in [0.15, 0.2) is 24.4 Å². The zero-order valence-electron chi connectivity index (χ0n) is 7.21. The number of nitrogen functional groups attached to an aromatic ring is 1. The molecule has 1 aromatic carbocycles. The van der Waals surface area contributed by atoms with Crippen molar-refractivity contribution in [3.63, 3.8) is 0 Å². The van der Waals surface area contributed by atoms with Gasteiger partial charge in [-0.05, 0) is 18.6 Å². The van der Waals surface area contributed by atoms with E-state index in [4.69, 9.17) is 5.73 Å².